The fourth-order valence-corrected chi connectivity index (χ4v) is 5.02. The van der Waals surface area contributed by atoms with Gasteiger partial charge in [0.25, 0.3) is 5.91 Å². The van der Waals surface area contributed by atoms with Gasteiger partial charge < -0.3 is 14.5 Å². The number of nitrogens with zero attached hydrogens (tertiary/aromatic N) is 2. The molecule has 1 aromatic rings. The van der Waals surface area contributed by atoms with E-state index in [2.05, 4.69) is 0 Å². The van der Waals surface area contributed by atoms with Gasteiger partial charge in [0.05, 0.1) is 0 Å². The van der Waals surface area contributed by atoms with Gasteiger partial charge in [-0.05, 0) is 56.7 Å². The van der Waals surface area contributed by atoms with Crippen molar-refractivity contribution in [1.29, 1.82) is 0 Å². The van der Waals surface area contributed by atoms with Gasteiger partial charge in [-0.3, -0.25) is 9.59 Å². The third-order valence-corrected chi connectivity index (χ3v) is 6.53. The molecule has 3 heterocycles. The van der Waals surface area contributed by atoms with Gasteiger partial charge in [0.15, 0.2) is 11.6 Å². The predicted molar refractivity (Wildman–Crippen MR) is 98.7 cm³/mol. The Kier molecular flexibility index (Phi) is 5.36. The number of hydrogen-bond acceptors (Lipinski definition) is 3. The summed E-state index contributed by atoms with van der Waals surface area (Å²) in [6, 6.07) is 2.63. The number of carbonyl (C=O) groups excluding carboxylic acids is 2. The summed E-state index contributed by atoms with van der Waals surface area (Å²) in [6.07, 6.45) is 5.09. The van der Waals surface area contributed by atoms with Crippen LogP contribution in [0.5, 0.6) is 0 Å². The Morgan fingerprint density at radius 3 is 2.36 bits per heavy atom. The summed E-state index contributed by atoms with van der Waals surface area (Å²) in [7, 11) is 0. The number of benzene rings is 1. The lowest BCUT2D eigenvalue weighted by Gasteiger charge is -2.51. The molecule has 3 fully saturated rings. The van der Waals surface area contributed by atoms with Crippen LogP contribution < -0.4 is 0 Å². The second-order valence-corrected chi connectivity index (χ2v) is 8.14. The molecule has 0 N–H and O–H groups in total. The van der Waals surface area contributed by atoms with E-state index in [-0.39, 0.29) is 16.9 Å². The number of carbonyl (C=O) groups is 2. The normalized spacial score (nSPS) is 24.6. The lowest BCUT2D eigenvalue weighted by Crippen LogP contribution is -2.62. The van der Waals surface area contributed by atoms with Gasteiger partial charge in [-0.2, -0.15) is 0 Å². The average Bonchev–Trinajstić information content (AvgIpc) is 3.24. The van der Waals surface area contributed by atoms with Crippen LogP contribution in [0.15, 0.2) is 18.2 Å². The fraction of sp³-hybridized carbons (Fsp3) is 0.619. The number of halogens is 2. The summed E-state index contributed by atoms with van der Waals surface area (Å²) in [6.45, 7) is 3.04. The second-order valence-electron chi connectivity index (χ2n) is 8.14. The molecule has 1 spiro atoms. The summed E-state index contributed by atoms with van der Waals surface area (Å²) in [4.78, 5) is 30.2. The molecule has 5 nitrogen and oxygen atoms in total. The molecule has 28 heavy (non-hydrogen) atoms. The van der Waals surface area contributed by atoms with Crippen molar-refractivity contribution in [2.75, 3.05) is 32.8 Å². The Labute approximate surface area is 163 Å². The maximum Gasteiger partial charge on any atom is 0.254 e. The second kappa shape index (κ2) is 7.78. The lowest BCUT2D eigenvalue weighted by molar-refractivity contribution is -0.147. The molecular formula is C21H26F2N2O3. The van der Waals surface area contributed by atoms with Gasteiger partial charge in [0.2, 0.25) is 5.91 Å². The highest BCUT2D eigenvalue weighted by molar-refractivity contribution is 5.98. The van der Waals surface area contributed by atoms with Gasteiger partial charge in [-0.25, -0.2) is 8.78 Å². The fourth-order valence-electron chi connectivity index (χ4n) is 5.02. The van der Waals surface area contributed by atoms with Gasteiger partial charge in [-0.1, -0.05) is 0 Å². The van der Waals surface area contributed by atoms with Crippen LogP contribution in [0.25, 0.3) is 0 Å². The average molecular weight is 392 g/mol. The van der Waals surface area contributed by atoms with Crippen molar-refractivity contribution in [2.24, 2.45) is 5.41 Å². The summed E-state index contributed by atoms with van der Waals surface area (Å²) < 4.78 is 32.6. The molecule has 1 unspecified atom stereocenters. The van der Waals surface area contributed by atoms with Crippen molar-refractivity contribution in [3.8, 4) is 0 Å². The van der Waals surface area contributed by atoms with E-state index >= 15 is 0 Å². The highest BCUT2D eigenvalue weighted by Gasteiger charge is 2.52. The van der Waals surface area contributed by atoms with E-state index in [9.17, 15) is 18.4 Å². The molecular weight excluding hydrogens is 366 g/mol. The van der Waals surface area contributed by atoms with E-state index in [1.54, 1.807) is 4.90 Å². The molecule has 3 aliphatic heterocycles. The molecule has 0 aromatic heterocycles. The van der Waals surface area contributed by atoms with Gasteiger partial charge in [0.1, 0.15) is 6.04 Å². The van der Waals surface area contributed by atoms with Gasteiger partial charge in [0, 0.05) is 43.8 Å². The number of hydrogen-bond donors (Lipinski definition) is 0. The SMILES string of the molecule is O=C(C1N(C(=O)c2ccc(F)c(F)c2)CCCC12CCOCC2)N1CCCC1. The minimum absolute atomic E-state index is 0.00460. The van der Waals surface area contributed by atoms with Crippen molar-refractivity contribution in [2.45, 2.75) is 44.6 Å². The molecule has 0 aliphatic carbocycles. The van der Waals surface area contributed by atoms with E-state index in [1.165, 1.54) is 6.07 Å². The predicted octanol–water partition coefficient (Wildman–Crippen LogP) is 2.99. The molecule has 152 valence electrons. The smallest absolute Gasteiger partial charge is 0.254 e. The number of piperidine rings is 1. The van der Waals surface area contributed by atoms with Crippen LogP contribution in [0, 0.1) is 17.0 Å². The molecule has 2 amide bonds. The summed E-state index contributed by atoms with van der Waals surface area (Å²) >= 11 is 0. The molecule has 3 aliphatic rings. The molecule has 4 rings (SSSR count). The van der Waals surface area contributed by atoms with Crippen LogP contribution in [-0.4, -0.2) is 60.5 Å². The van der Waals surface area contributed by atoms with Gasteiger partial charge in [-0.15, -0.1) is 0 Å². The van der Waals surface area contributed by atoms with E-state index < -0.39 is 23.6 Å². The van der Waals surface area contributed by atoms with E-state index in [0.717, 1.165) is 63.7 Å². The first-order valence-electron chi connectivity index (χ1n) is 10.1. The van der Waals surface area contributed by atoms with Crippen molar-refractivity contribution in [3.05, 3.63) is 35.4 Å². The van der Waals surface area contributed by atoms with E-state index in [0.29, 0.717) is 19.8 Å². The highest BCUT2D eigenvalue weighted by Crippen LogP contribution is 2.45. The monoisotopic (exact) mass is 392 g/mol. The van der Waals surface area contributed by atoms with Crippen LogP contribution in [0.2, 0.25) is 0 Å². The van der Waals surface area contributed by atoms with Crippen LogP contribution in [0.1, 0.15) is 48.9 Å². The quantitative estimate of drug-likeness (QED) is 0.778. The molecule has 3 saturated heterocycles. The zero-order valence-electron chi connectivity index (χ0n) is 16.0. The van der Waals surface area contributed by atoms with Gasteiger partial charge >= 0.3 is 0 Å². The van der Waals surface area contributed by atoms with Crippen LogP contribution in [-0.2, 0) is 9.53 Å². The molecule has 1 atom stereocenters. The van der Waals surface area contributed by atoms with Crippen molar-refractivity contribution >= 4 is 11.8 Å². The maximum atomic E-state index is 13.7. The molecule has 0 saturated carbocycles. The Bertz CT molecular complexity index is 753. The first-order chi connectivity index (χ1) is 13.5. The van der Waals surface area contributed by atoms with Crippen molar-refractivity contribution in [3.63, 3.8) is 0 Å². The van der Waals surface area contributed by atoms with Crippen molar-refractivity contribution in [1.82, 2.24) is 9.80 Å². The number of rotatable bonds is 2. The topological polar surface area (TPSA) is 49.9 Å². The highest BCUT2D eigenvalue weighted by atomic mass is 19.2. The molecule has 0 bridgehead atoms. The minimum atomic E-state index is -1.05. The Hall–Kier alpha value is -2.02. The number of ether oxygens (including phenoxy) is 1. The maximum absolute atomic E-state index is 13.7. The Morgan fingerprint density at radius 2 is 1.68 bits per heavy atom. The Morgan fingerprint density at radius 1 is 0.964 bits per heavy atom. The van der Waals surface area contributed by atoms with Crippen LogP contribution in [0.3, 0.4) is 0 Å². The zero-order chi connectivity index (χ0) is 19.7. The third kappa shape index (κ3) is 3.41. The van der Waals surface area contributed by atoms with Crippen molar-refractivity contribution < 1.29 is 23.1 Å². The molecule has 0 radical (unpaired) electrons. The van der Waals surface area contributed by atoms with Crippen LogP contribution in [0.4, 0.5) is 8.78 Å². The standard InChI is InChI=1S/C21H26F2N2O3/c22-16-5-4-15(14-17(16)23)19(26)25-11-3-6-21(7-12-28-13-8-21)18(25)20(27)24-9-1-2-10-24/h4-5,14,18H,1-3,6-13H2. The zero-order valence-corrected chi connectivity index (χ0v) is 16.0. The summed E-state index contributed by atoms with van der Waals surface area (Å²) in [5.74, 6) is -2.44. The molecule has 1 aromatic carbocycles. The number of likely N-dealkylation sites (tertiary alicyclic amines) is 2. The summed E-state index contributed by atoms with van der Waals surface area (Å²) in [5, 5.41) is 0. The third-order valence-electron chi connectivity index (χ3n) is 6.53. The first kappa shape index (κ1) is 19.3. The number of amides is 2. The minimum Gasteiger partial charge on any atom is -0.381 e. The van der Waals surface area contributed by atoms with E-state index in [1.807, 2.05) is 4.90 Å². The molecule has 7 heteroatoms. The largest absolute Gasteiger partial charge is 0.381 e. The van der Waals surface area contributed by atoms with Crippen LogP contribution >= 0.6 is 0 Å². The van der Waals surface area contributed by atoms with E-state index in [4.69, 9.17) is 4.74 Å². The Balaban J connectivity index is 1.69. The summed E-state index contributed by atoms with van der Waals surface area (Å²) in [5.41, 5.74) is -0.216. The lowest BCUT2D eigenvalue weighted by atomic mass is 9.67. The first-order valence-corrected chi connectivity index (χ1v) is 10.1.